The number of amides is 1. The molecule has 1 aromatic heterocycles. The summed E-state index contributed by atoms with van der Waals surface area (Å²) in [5.41, 5.74) is -0.951. The van der Waals surface area contributed by atoms with Crippen LogP contribution in [0.1, 0.15) is 30.8 Å². The van der Waals surface area contributed by atoms with E-state index in [9.17, 15) is 9.59 Å². The van der Waals surface area contributed by atoms with Crippen LogP contribution in [0.5, 0.6) is 0 Å². The summed E-state index contributed by atoms with van der Waals surface area (Å²) in [5.74, 6) is 1.03. The minimum absolute atomic E-state index is 0.228. The highest BCUT2D eigenvalue weighted by atomic mass is 16.5. The van der Waals surface area contributed by atoms with Crippen LogP contribution in [0.2, 0.25) is 0 Å². The third-order valence-electron chi connectivity index (χ3n) is 3.67. The standard InChI is InChI=1S/C14H19NO4/c1-10-4-5-11(19-10)6-9-15-12(16)14(7-3-8-14)13(17)18-2/h4-5H,3,6-9H2,1-2H3,(H,15,16). The zero-order valence-corrected chi connectivity index (χ0v) is 11.3. The van der Waals surface area contributed by atoms with Crippen molar-refractivity contribution in [2.45, 2.75) is 32.6 Å². The zero-order chi connectivity index (χ0) is 13.9. The van der Waals surface area contributed by atoms with Crippen molar-refractivity contribution in [1.82, 2.24) is 5.32 Å². The molecule has 0 spiro atoms. The molecule has 1 N–H and O–H groups in total. The predicted octanol–water partition coefficient (Wildman–Crippen LogP) is 1.59. The Morgan fingerprint density at radius 1 is 1.42 bits per heavy atom. The minimum Gasteiger partial charge on any atom is -0.468 e. The number of rotatable bonds is 5. The third kappa shape index (κ3) is 2.64. The molecule has 0 unspecified atom stereocenters. The topological polar surface area (TPSA) is 68.5 Å². The predicted molar refractivity (Wildman–Crippen MR) is 68.5 cm³/mol. The molecule has 1 amide bonds. The van der Waals surface area contributed by atoms with Gasteiger partial charge in [-0.1, -0.05) is 6.42 Å². The van der Waals surface area contributed by atoms with Crippen LogP contribution in [0, 0.1) is 12.3 Å². The second-order valence-corrected chi connectivity index (χ2v) is 4.95. The van der Waals surface area contributed by atoms with E-state index < -0.39 is 11.4 Å². The number of nitrogens with one attached hydrogen (secondary N) is 1. The largest absolute Gasteiger partial charge is 0.468 e. The van der Waals surface area contributed by atoms with Gasteiger partial charge in [0.2, 0.25) is 5.91 Å². The van der Waals surface area contributed by atoms with Crippen LogP contribution in [-0.2, 0) is 20.7 Å². The Balaban J connectivity index is 1.85. The third-order valence-corrected chi connectivity index (χ3v) is 3.67. The Labute approximate surface area is 112 Å². The van der Waals surface area contributed by atoms with Gasteiger partial charge < -0.3 is 14.5 Å². The van der Waals surface area contributed by atoms with Crippen molar-refractivity contribution in [1.29, 1.82) is 0 Å². The van der Waals surface area contributed by atoms with E-state index >= 15 is 0 Å². The van der Waals surface area contributed by atoms with E-state index in [1.54, 1.807) is 0 Å². The molecule has 0 aliphatic heterocycles. The average Bonchev–Trinajstić information content (AvgIpc) is 2.73. The summed E-state index contributed by atoms with van der Waals surface area (Å²) in [5, 5.41) is 2.80. The molecule has 19 heavy (non-hydrogen) atoms. The van der Waals surface area contributed by atoms with Crippen molar-refractivity contribution < 1.29 is 18.7 Å². The molecule has 5 heteroatoms. The van der Waals surface area contributed by atoms with Gasteiger partial charge in [-0.3, -0.25) is 9.59 Å². The molecule has 5 nitrogen and oxygen atoms in total. The zero-order valence-electron chi connectivity index (χ0n) is 11.3. The summed E-state index contributed by atoms with van der Waals surface area (Å²) in [4.78, 5) is 23.8. The highest BCUT2D eigenvalue weighted by Gasteiger charge is 2.51. The fourth-order valence-corrected chi connectivity index (χ4v) is 2.34. The lowest BCUT2D eigenvalue weighted by Gasteiger charge is -2.36. The molecule has 1 saturated carbocycles. The van der Waals surface area contributed by atoms with Crippen molar-refractivity contribution in [3.8, 4) is 0 Å². The summed E-state index contributed by atoms with van der Waals surface area (Å²) >= 11 is 0. The molecule has 2 rings (SSSR count). The molecule has 0 saturated heterocycles. The first-order valence-electron chi connectivity index (χ1n) is 6.50. The summed E-state index contributed by atoms with van der Waals surface area (Å²) in [6.45, 7) is 2.34. The minimum atomic E-state index is -0.951. The molecule has 0 bridgehead atoms. The van der Waals surface area contributed by atoms with Gasteiger partial charge in [0.05, 0.1) is 7.11 Å². The lowest BCUT2D eigenvalue weighted by Crippen LogP contribution is -2.51. The molecule has 1 aliphatic rings. The number of furan rings is 1. The van der Waals surface area contributed by atoms with E-state index in [-0.39, 0.29) is 5.91 Å². The number of carbonyl (C=O) groups excluding carboxylic acids is 2. The lowest BCUT2D eigenvalue weighted by atomic mass is 9.68. The van der Waals surface area contributed by atoms with Crippen LogP contribution >= 0.6 is 0 Å². The summed E-state index contributed by atoms with van der Waals surface area (Å²) in [6, 6.07) is 3.78. The molecule has 0 atom stereocenters. The van der Waals surface area contributed by atoms with Crippen LogP contribution in [0.3, 0.4) is 0 Å². The van der Waals surface area contributed by atoms with Gasteiger partial charge in [-0.15, -0.1) is 0 Å². The fourth-order valence-electron chi connectivity index (χ4n) is 2.34. The van der Waals surface area contributed by atoms with Crippen molar-refractivity contribution in [3.05, 3.63) is 23.7 Å². The average molecular weight is 265 g/mol. The summed E-state index contributed by atoms with van der Waals surface area (Å²) < 4.78 is 10.1. The number of carbonyl (C=O) groups is 2. The molecule has 0 aromatic carbocycles. The smallest absolute Gasteiger partial charge is 0.321 e. The van der Waals surface area contributed by atoms with E-state index in [1.807, 2.05) is 19.1 Å². The lowest BCUT2D eigenvalue weighted by molar-refractivity contribution is -0.165. The fraction of sp³-hybridized carbons (Fsp3) is 0.571. The molecule has 1 aliphatic carbocycles. The van der Waals surface area contributed by atoms with Crippen molar-refractivity contribution in [2.24, 2.45) is 5.41 Å². The molecule has 1 heterocycles. The summed E-state index contributed by atoms with van der Waals surface area (Å²) in [7, 11) is 1.32. The van der Waals surface area contributed by atoms with Gasteiger partial charge in [0, 0.05) is 13.0 Å². The first-order valence-corrected chi connectivity index (χ1v) is 6.50. The van der Waals surface area contributed by atoms with Gasteiger partial charge in [-0.2, -0.15) is 0 Å². The van der Waals surface area contributed by atoms with Crippen LogP contribution < -0.4 is 5.32 Å². The van der Waals surface area contributed by atoms with E-state index in [0.717, 1.165) is 17.9 Å². The monoisotopic (exact) mass is 265 g/mol. The van der Waals surface area contributed by atoms with Crippen molar-refractivity contribution in [2.75, 3.05) is 13.7 Å². The van der Waals surface area contributed by atoms with Crippen LogP contribution in [0.4, 0.5) is 0 Å². The van der Waals surface area contributed by atoms with Crippen LogP contribution in [0.15, 0.2) is 16.5 Å². The van der Waals surface area contributed by atoms with E-state index in [0.29, 0.717) is 25.8 Å². The Morgan fingerprint density at radius 2 is 2.16 bits per heavy atom. The molecule has 104 valence electrons. The van der Waals surface area contributed by atoms with Crippen molar-refractivity contribution in [3.63, 3.8) is 0 Å². The van der Waals surface area contributed by atoms with Gasteiger partial charge >= 0.3 is 5.97 Å². The number of hydrogen-bond donors (Lipinski definition) is 1. The highest BCUT2D eigenvalue weighted by molar-refractivity contribution is 6.03. The van der Waals surface area contributed by atoms with Gasteiger partial charge in [-0.25, -0.2) is 0 Å². The quantitative estimate of drug-likeness (QED) is 0.648. The Morgan fingerprint density at radius 3 is 2.63 bits per heavy atom. The van der Waals surface area contributed by atoms with E-state index in [1.165, 1.54) is 7.11 Å². The SMILES string of the molecule is COC(=O)C1(C(=O)NCCc2ccc(C)o2)CCC1. The van der Waals surface area contributed by atoms with Gasteiger partial charge in [0.25, 0.3) is 0 Å². The number of methoxy groups -OCH3 is 1. The Bertz CT molecular complexity index is 474. The van der Waals surface area contributed by atoms with Gasteiger partial charge in [0.15, 0.2) is 0 Å². The number of aryl methyl sites for hydroxylation is 1. The maximum atomic E-state index is 12.1. The van der Waals surface area contributed by atoms with E-state index in [2.05, 4.69) is 5.32 Å². The van der Waals surface area contributed by atoms with Gasteiger partial charge in [-0.05, 0) is 31.9 Å². The highest BCUT2D eigenvalue weighted by Crippen LogP contribution is 2.42. The molecule has 1 aromatic rings. The first kappa shape index (κ1) is 13.6. The summed E-state index contributed by atoms with van der Waals surface area (Å²) in [6.07, 6.45) is 2.66. The second-order valence-electron chi connectivity index (χ2n) is 4.95. The van der Waals surface area contributed by atoms with Gasteiger partial charge in [0.1, 0.15) is 16.9 Å². The number of ether oxygens (including phenoxy) is 1. The number of hydrogen-bond acceptors (Lipinski definition) is 4. The molecule has 1 fully saturated rings. The Hall–Kier alpha value is -1.78. The normalized spacial score (nSPS) is 16.5. The van der Waals surface area contributed by atoms with Crippen LogP contribution in [-0.4, -0.2) is 25.5 Å². The van der Waals surface area contributed by atoms with E-state index in [4.69, 9.17) is 9.15 Å². The molecule has 0 radical (unpaired) electrons. The maximum absolute atomic E-state index is 12.1. The van der Waals surface area contributed by atoms with Crippen LogP contribution in [0.25, 0.3) is 0 Å². The van der Waals surface area contributed by atoms with Crippen molar-refractivity contribution >= 4 is 11.9 Å². The first-order chi connectivity index (χ1) is 9.08. The molecular formula is C14H19NO4. The number of esters is 1. The second kappa shape index (κ2) is 5.47. The Kier molecular flexibility index (Phi) is 3.93. The molecular weight excluding hydrogens is 246 g/mol. The maximum Gasteiger partial charge on any atom is 0.321 e.